The maximum absolute atomic E-state index is 10.3. The fourth-order valence-corrected chi connectivity index (χ4v) is 2.09. The minimum atomic E-state index is -1.68. The van der Waals surface area contributed by atoms with Crippen LogP contribution in [0.15, 0.2) is 16.5 Å². The highest BCUT2D eigenvalue weighted by atomic mass is 28.3. The third-order valence-corrected chi connectivity index (χ3v) is 3.78. The van der Waals surface area contributed by atoms with Gasteiger partial charge in [0.05, 0.1) is 4.92 Å². The first-order chi connectivity index (χ1) is 5.68. The second kappa shape index (κ2) is 3.81. The van der Waals surface area contributed by atoms with Crippen molar-refractivity contribution in [2.45, 2.75) is 26.6 Å². The van der Waals surface area contributed by atoms with Crippen LogP contribution < -0.4 is 0 Å². The quantitative estimate of drug-likeness (QED) is 0.229. The molecule has 3 nitrogen and oxygen atoms in total. The van der Waals surface area contributed by atoms with E-state index in [-0.39, 0.29) is 5.70 Å². The molecule has 0 heterocycles. The molecular formula is C9H14NO2Si+. The van der Waals surface area contributed by atoms with Gasteiger partial charge < -0.3 is 0 Å². The molecule has 0 aliphatic carbocycles. The fraction of sp³-hybridized carbons (Fsp3) is 0.444. The molecule has 13 heavy (non-hydrogen) atoms. The molecule has 0 aromatic heterocycles. The molecule has 0 aliphatic heterocycles. The van der Waals surface area contributed by atoms with Gasteiger partial charge in [0.15, 0.2) is 5.57 Å². The number of allylic oxidation sites excluding steroid dienone is 3. The largest absolute Gasteiger partial charge is 0.331 e. The van der Waals surface area contributed by atoms with E-state index in [0.29, 0.717) is 10.8 Å². The Hall–Kier alpha value is -0.993. The van der Waals surface area contributed by atoms with Gasteiger partial charge in [-0.15, -0.1) is 0 Å². The van der Waals surface area contributed by atoms with Crippen LogP contribution in [0.2, 0.25) is 19.6 Å². The van der Waals surface area contributed by atoms with Crippen LogP contribution in [0.1, 0.15) is 6.92 Å². The summed E-state index contributed by atoms with van der Waals surface area (Å²) in [5.41, 5.74) is 0.0593. The molecule has 0 amide bonds. The zero-order valence-electron chi connectivity index (χ0n) is 8.42. The Morgan fingerprint density at radius 3 is 2.08 bits per heavy atom. The number of hydrogen-bond donors (Lipinski definition) is 0. The topological polar surface area (TPSA) is 43.1 Å². The van der Waals surface area contributed by atoms with Crippen LogP contribution in [0.4, 0.5) is 0 Å². The molecule has 0 aromatic rings. The Balaban J connectivity index is 5.01. The van der Waals surface area contributed by atoms with Crippen molar-refractivity contribution >= 4 is 8.07 Å². The zero-order chi connectivity index (χ0) is 10.8. The predicted octanol–water partition coefficient (Wildman–Crippen LogP) is 2.48. The lowest BCUT2D eigenvalue weighted by molar-refractivity contribution is -0.420. The van der Waals surface area contributed by atoms with Crippen molar-refractivity contribution < 1.29 is 4.92 Å². The van der Waals surface area contributed by atoms with Crippen molar-refractivity contribution in [3.05, 3.63) is 40.1 Å². The third-order valence-electron chi connectivity index (χ3n) is 1.79. The average Bonchev–Trinajstić information content (AvgIpc) is 1.98. The Kier molecular flexibility index (Phi) is 3.52. The smallest absolute Gasteiger partial charge is 0.257 e. The van der Waals surface area contributed by atoms with Gasteiger partial charge in [-0.2, -0.15) is 0 Å². The summed E-state index contributed by atoms with van der Waals surface area (Å²) in [5, 5.41) is 10.9. The van der Waals surface area contributed by atoms with Gasteiger partial charge in [0, 0.05) is 13.5 Å². The SMILES string of the molecule is [CH]/C(=C(/C)C(=[CH+])[Si](C)(C)C)[N+](=O)[O-]. The molecule has 0 bridgehead atoms. The van der Waals surface area contributed by atoms with Gasteiger partial charge in [-0.25, -0.2) is 0 Å². The van der Waals surface area contributed by atoms with Gasteiger partial charge in [-0.1, -0.05) is 19.6 Å². The monoisotopic (exact) mass is 196 g/mol. The average molecular weight is 196 g/mol. The molecule has 0 aliphatic rings. The first kappa shape index (κ1) is 12.0. The van der Waals surface area contributed by atoms with Crippen molar-refractivity contribution in [2.24, 2.45) is 0 Å². The van der Waals surface area contributed by atoms with E-state index in [1.165, 1.54) is 0 Å². The van der Waals surface area contributed by atoms with Crippen molar-refractivity contribution in [3.63, 3.8) is 0 Å². The van der Waals surface area contributed by atoms with Gasteiger partial charge in [0.1, 0.15) is 20.2 Å². The van der Waals surface area contributed by atoms with Crippen molar-refractivity contribution in [1.29, 1.82) is 0 Å². The summed E-state index contributed by atoms with van der Waals surface area (Å²) < 4.78 is 0. The minimum Gasteiger partial charge on any atom is -0.257 e. The van der Waals surface area contributed by atoms with Crippen LogP contribution in [0.25, 0.3) is 0 Å². The van der Waals surface area contributed by atoms with Gasteiger partial charge in [-0.05, 0) is 0 Å². The number of hydrogen-bond acceptors (Lipinski definition) is 2. The molecule has 0 aromatic carbocycles. The second-order valence-electron chi connectivity index (χ2n) is 3.93. The molecule has 0 saturated heterocycles. The number of nitro groups is 1. The lowest BCUT2D eigenvalue weighted by atomic mass is 10.2. The highest BCUT2D eigenvalue weighted by Crippen LogP contribution is 2.22. The number of rotatable bonds is 3. The molecule has 0 atom stereocenters. The second-order valence-corrected chi connectivity index (χ2v) is 8.97. The molecule has 0 spiro atoms. The molecule has 0 rings (SSSR count). The summed E-state index contributed by atoms with van der Waals surface area (Å²) in [5.74, 6) is 0. The predicted molar refractivity (Wildman–Crippen MR) is 55.2 cm³/mol. The van der Waals surface area contributed by atoms with E-state index in [2.05, 4.69) is 0 Å². The van der Waals surface area contributed by atoms with Crippen LogP contribution in [0, 0.1) is 23.6 Å². The van der Waals surface area contributed by atoms with E-state index in [0.717, 1.165) is 0 Å². The lowest BCUT2D eigenvalue weighted by Crippen LogP contribution is -2.25. The normalized spacial score (nSPS) is 13.5. The van der Waals surface area contributed by atoms with Crippen molar-refractivity contribution in [3.8, 4) is 0 Å². The number of nitrogens with zero attached hydrogens (tertiary/aromatic N) is 1. The van der Waals surface area contributed by atoms with Crippen LogP contribution in [-0.4, -0.2) is 13.0 Å². The minimum absolute atomic E-state index is 0.347. The molecule has 0 N–H and O–H groups in total. The first-order valence-electron chi connectivity index (χ1n) is 3.92. The Bertz CT molecular complexity index is 274. The van der Waals surface area contributed by atoms with Crippen molar-refractivity contribution in [2.75, 3.05) is 0 Å². The first-order valence-corrected chi connectivity index (χ1v) is 7.42. The van der Waals surface area contributed by atoms with E-state index in [1.807, 2.05) is 19.6 Å². The Labute approximate surface area is 80.3 Å². The van der Waals surface area contributed by atoms with Crippen LogP contribution in [0.5, 0.6) is 0 Å². The molecule has 2 radical (unpaired) electrons. The van der Waals surface area contributed by atoms with E-state index >= 15 is 0 Å². The summed E-state index contributed by atoms with van der Waals surface area (Å²) in [6.07, 6.45) is 0. The summed E-state index contributed by atoms with van der Waals surface area (Å²) in [6, 6.07) is 0. The molecule has 0 saturated carbocycles. The lowest BCUT2D eigenvalue weighted by Gasteiger charge is -2.10. The standard InChI is InChI=1S/C9H14NO2Si/c1-7(8(2)10(11)12)9(3)13(4,5)6/h2-3H,1,4-6H3/q+1/b8-7+. The van der Waals surface area contributed by atoms with Gasteiger partial charge in [0.25, 0.3) is 0 Å². The van der Waals surface area contributed by atoms with Gasteiger partial charge in [-0.3, -0.25) is 10.1 Å². The third kappa shape index (κ3) is 3.09. The Morgan fingerprint density at radius 2 is 1.85 bits per heavy atom. The van der Waals surface area contributed by atoms with Crippen LogP contribution >= 0.6 is 0 Å². The van der Waals surface area contributed by atoms with Crippen LogP contribution in [-0.2, 0) is 0 Å². The van der Waals surface area contributed by atoms with Gasteiger partial charge in [0.2, 0.25) is 0 Å². The van der Waals surface area contributed by atoms with E-state index in [9.17, 15) is 10.1 Å². The van der Waals surface area contributed by atoms with E-state index < -0.39 is 13.0 Å². The maximum atomic E-state index is 10.3. The summed E-state index contributed by atoms with van der Waals surface area (Å²) in [4.78, 5) is 9.73. The molecule has 4 heteroatoms. The molecule has 0 unspecified atom stereocenters. The van der Waals surface area contributed by atoms with E-state index in [4.69, 9.17) is 13.5 Å². The molecular weight excluding hydrogens is 182 g/mol. The van der Waals surface area contributed by atoms with Crippen molar-refractivity contribution in [1.82, 2.24) is 0 Å². The summed E-state index contributed by atoms with van der Waals surface area (Å²) >= 11 is 0. The highest BCUT2D eigenvalue weighted by molar-refractivity contribution is 6.83. The molecule has 70 valence electrons. The van der Waals surface area contributed by atoms with Crippen LogP contribution in [0.3, 0.4) is 0 Å². The molecule has 0 fully saturated rings. The van der Waals surface area contributed by atoms with Gasteiger partial charge >= 0.3 is 5.70 Å². The summed E-state index contributed by atoms with van der Waals surface area (Å²) in [7, 11) is -1.68. The Morgan fingerprint density at radius 1 is 1.46 bits per heavy atom. The highest BCUT2D eigenvalue weighted by Gasteiger charge is 2.32. The van der Waals surface area contributed by atoms with E-state index in [1.54, 1.807) is 6.92 Å². The zero-order valence-corrected chi connectivity index (χ0v) is 9.42. The maximum Gasteiger partial charge on any atom is 0.331 e. The summed E-state index contributed by atoms with van der Waals surface area (Å²) in [6.45, 7) is 18.7. The fourth-order valence-electron chi connectivity index (χ4n) is 0.837.